The Morgan fingerprint density at radius 2 is 1.87 bits per heavy atom. The molecule has 1 atom stereocenters. The van der Waals surface area contributed by atoms with E-state index in [1.54, 1.807) is 17.9 Å². The van der Waals surface area contributed by atoms with Gasteiger partial charge in [0.15, 0.2) is 0 Å². The third-order valence-corrected chi connectivity index (χ3v) is 4.70. The molecule has 128 valence electrons. The molecule has 7 heteroatoms. The van der Waals surface area contributed by atoms with Gasteiger partial charge in [-0.15, -0.1) is 0 Å². The Balaban J connectivity index is 1.96. The van der Waals surface area contributed by atoms with Crippen molar-refractivity contribution in [1.82, 2.24) is 15.0 Å². The lowest BCUT2D eigenvalue weighted by atomic mass is 9.99. The molecule has 1 saturated heterocycles. The van der Waals surface area contributed by atoms with Crippen molar-refractivity contribution in [2.45, 2.75) is 45.6 Å². The van der Waals surface area contributed by atoms with E-state index in [1.807, 2.05) is 4.90 Å². The van der Waals surface area contributed by atoms with Crippen LogP contribution in [-0.2, 0) is 4.79 Å². The third-order valence-electron chi connectivity index (χ3n) is 4.70. The maximum absolute atomic E-state index is 12.5. The molecule has 1 aromatic heterocycles. The zero-order valence-corrected chi connectivity index (χ0v) is 14.1. The van der Waals surface area contributed by atoms with Gasteiger partial charge in [0.2, 0.25) is 11.7 Å². The number of carbonyl (C=O) groups is 2. The topological polar surface area (TPSA) is 92.7 Å². The normalized spacial score (nSPS) is 17.5. The summed E-state index contributed by atoms with van der Waals surface area (Å²) >= 11 is 0. The number of amides is 2. The van der Waals surface area contributed by atoms with E-state index in [1.165, 1.54) is 0 Å². The quantitative estimate of drug-likeness (QED) is 0.850. The zero-order chi connectivity index (χ0) is 17.0. The van der Waals surface area contributed by atoms with Gasteiger partial charge in [-0.3, -0.25) is 14.5 Å². The fourth-order valence-corrected chi connectivity index (χ4v) is 2.94. The van der Waals surface area contributed by atoms with Crippen molar-refractivity contribution in [3.63, 3.8) is 0 Å². The minimum absolute atomic E-state index is 0.138. The van der Waals surface area contributed by atoms with Crippen LogP contribution in [0.3, 0.4) is 0 Å². The molecule has 2 heterocycles. The Hall–Kier alpha value is -1.89. The van der Waals surface area contributed by atoms with E-state index in [4.69, 9.17) is 10.3 Å². The molecule has 0 unspecified atom stereocenters. The number of hydrogen-bond acceptors (Lipinski definition) is 5. The van der Waals surface area contributed by atoms with Crippen LogP contribution in [0.4, 0.5) is 0 Å². The molecule has 2 amide bonds. The number of carbonyl (C=O) groups excluding carboxylic acids is 2. The van der Waals surface area contributed by atoms with Gasteiger partial charge in [0, 0.05) is 38.2 Å². The molecule has 2 rings (SSSR count). The van der Waals surface area contributed by atoms with Gasteiger partial charge in [-0.25, -0.2) is 0 Å². The highest BCUT2D eigenvalue weighted by atomic mass is 16.5. The van der Waals surface area contributed by atoms with Gasteiger partial charge >= 0.3 is 0 Å². The van der Waals surface area contributed by atoms with Crippen molar-refractivity contribution in [2.24, 2.45) is 5.73 Å². The summed E-state index contributed by atoms with van der Waals surface area (Å²) < 4.78 is 5.25. The van der Waals surface area contributed by atoms with E-state index in [-0.39, 0.29) is 17.9 Å². The first-order chi connectivity index (χ1) is 11.0. The Morgan fingerprint density at radius 3 is 2.39 bits per heavy atom. The molecule has 1 aromatic rings. The van der Waals surface area contributed by atoms with Crippen LogP contribution >= 0.6 is 0 Å². The van der Waals surface area contributed by atoms with Gasteiger partial charge in [-0.2, -0.15) is 0 Å². The summed E-state index contributed by atoms with van der Waals surface area (Å²) in [4.78, 5) is 27.5. The van der Waals surface area contributed by atoms with Crippen LogP contribution in [0.15, 0.2) is 10.6 Å². The number of rotatable bonds is 6. The molecule has 0 bridgehead atoms. The summed E-state index contributed by atoms with van der Waals surface area (Å²) in [6, 6.07) is 1.46. The van der Waals surface area contributed by atoms with Crippen molar-refractivity contribution in [3.05, 3.63) is 17.5 Å². The molecule has 0 aliphatic carbocycles. The van der Waals surface area contributed by atoms with Crippen molar-refractivity contribution in [1.29, 1.82) is 0 Å². The SMILES string of the molecule is CCC(CC)c1cc(C(=O)N2CCN([C@@H](C)C(N)=O)CC2)on1. The highest BCUT2D eigenvalue weighted by Crippen LogP contribution is 2.23. The number of nitrogens with zero attached hydrogens (tertiary/aromatic N) is 3. The largest absolute Gasteiger partial charge is 0.368 e. The van der Waals surface area contributed by atoms with Crippen LogP contribution < -0.4 is 5.73 Å². The highest BCUT2D eigenvalue weighted by molar-refractivity contribution is 5.91. The number of piperazine rings is 1. The number of hydrogen-bond donors (Lipinski definition) is 1. The van der Waals surface area contributed by atoms with Crippen LogP contribution in [0, 0.1) is 0 Å². The summed E-state index contributed by atoms with van der Waals surface area (Å²) in [7, 11) is 0. The summed E-state index contributed by atoms with van der Waals surface area (Å²) in [5.41, 5.74) is 6.17. The summed E-state index contributed by atoms with van der Waals surface area (Å²) in [5.74, 6) is 0.146. The third kappa shape index (κ3) is 3.90. The first-order valence-electron chi connectivity index (χ1n) is 8.27. The molecule has 1 aliphatic heterocycles. The maximum Gasteiger partial charge on any atom is 0.292 e. The van der Waals surface area contributed by atoms with Gasteiger partial charge in [0.25, 0.3) is 5.91 Å². The molecular weight excluding hydrogens is 296 g/mol. The van der Waals surface area contributed by atoms with Crippen LogP contribution in [0.25, 0.3) is 0 Å². The molecule has 2 N–H and O–H groups in total. The van der Waals surface area contributed by atoms with E-state index < -0.39 is 0 Å². The number of nitrogens with two attached hydrogens (primary N) is 1. The standard InChI is InChI=1S/C16H26N4O3/c1-4-12(5-2)13-10-14(23-18-13)16(22)20-8-6-19(7-9-20)11(3)15(17)21/h10-12H,4-9H2,1-3H3,(H2,17,21)/t11-/m0/s1. The fourth-order valence-electron chi connectivity index (χ4n) is 2.94. The predicted octanol–water partition coefficient (Wildman–Crippen LogP) is 1.21. The van der Waals surface area contributed by atoms with Crippen LogP contribution in [0.5, 0.6) is 0 Å². The van der Waals surface area contributed by atoms with Crippen LogP contribution in [-0.4, -0.2) is 59.0 Å². The van der Waals surface area contributed by atoms with Gasteiger partial charge in [0.05, 0.1) is 11.7 Å². The van der Waals surface area contributed by atoms with Crippen LogP contribution in [0.1, 0.15) is 55.8 Å². The van der Waals surface area contributed by atoms with Crippen molar-refractivity contribution in [2.75, 3.05) is 26.2 Å². The smallest absolute Gasteiger partial charge is 0.292 e. The van der Waals surface area contributed by atoms with Gasteiger partial charge < -0.3 is 15.2 Å². The Bertz CT molecular complexity index is 545. The first kappa shape index (κ1) is 17.5. The van der Waals surface area contributed by atoms with E-state index >= 15 is 0 Å². The second-order valence-corrected chi connectivity index (χ2v) is 6.04. The first-order valence-corrected chi connectivity index (χ1v) is 8.27. The predicted molar refractivity (Wildman–Crippen MR) is 86.0 cm³/mol. The summed E-state index contributed by atoms with van der Waals surface area (Å²) in [6.45, 7) is 8.35. The van der Waals surface area contributed by atoms with Gasteiger partial charge in [0.1, 0.15) is 0 Å². The van der Waals surface area contributed by atoms with E-state index in [0.29, 0.717) is 37.9 Å². The average Bonchev–Trinajstić information content (AvgIpc) is 3.04. The monoisotopic (exact) mass is 322 g/mol. The molecule has 0 aromatic carbocycles. The minimum Gasteiger partial charge on any atom is -0.368 e. The highest BCUT2D eigenvalue weighted by Gasteiger charge is 2.28. The lowest BCUT2D eigenvalue weighted by Gasteiger charge is -2.36. The van der Waals surface area contributed by atoms with Crippen molar-refractivity contribution >= 4 is 11.8 Å². The van der Waals surface area contributed by atoms with Gasteiger partial charge in [-0.1, -0.05) is 19.0 Å². The maximum atomic E-state index is 12.5. The van der Waals surface area contributed by atoms with Gasteiger partial charge in [-0.05, 0) is 19.8 Å². The average molecular weight is 322 g/mol. The molecule has 0 saturated carbocycles. The Kier molecular flexibility index (Phi) is 5.76. The lowest BCUT2D eigenvalue weighted by molar-refractivity contribution is -0.123. The van der Waals surface area contributed by atoms with Crippen molar-refractivity contribution in [3.8, 4) is 0 Å². The molecule has 23 heavy (non-hydrogen) atoms. The van der Waals surface area contributed by atoms with E-state index in [9.17, 15) is 9.59 Å². The van der Waals surface area contributed by atoms with Crippen LogP contribution in [0.2, 0.25) is 0 Å². The molecule has 1 aliphatic rings. The number of primary amides is 1. The Labute approximate surface area is 136 Å². The Morgan fingerprint density at radius 1 is 1.26 bits per heavy atom. The van der Waals surface area contributed by atoms with E-state index in [0.717, 1.165) is 18.5 Å². The second kappa shape index (κ2) is 7.59. The minimum atomic E-state index is -0.338. The fraction of sp³-hybridized carbons (Fsp3) is 0.688. The molecule has 0 spiro atoms. The summed E-state index contributed by atoms with van der Waals surface area (Å²) in [5, 5.41) is 4.05. The molecule has 0 radical (unpaired) electrons. The lowest BCUT2D eigenvalue weighted by Crippen LogP contribution is -2.54. The molecule has 7 nitrogen and oxygen atoms in total. The second-order valence-electron chi connectivity index (χ2n) is 6.04. The van der Waals surface area contributed by atoms with Crippen molar-refractivity contribution < 1.29 is 14.1 Å². The van der Waals surface area contributed by atoms with E-state index in [2.05, 4.69) is 19.0 Å². The zero-order valence-electron chi connectivity index (χ0n) is 14.1. The number of aromatic nitrogens is 1. The molecular formula is C16H26N4O3. The summed E-state index contributed by atoms with van der Waals surface area (Å²) in [6.07, 6.45) is 1.95. The molecule has 1 fully saturated rings.